The average molecular weight is 214 g/mol. The lowest BCUT2D eigenvalue weighted by Gasteiger charge is -2.29. The number of hydrogen-bond acceptors (Lipinski definition) is 4. The number of carbonyl (C=O) groups is 1. The van der Waals surface area contributed by atoms with Crippen molar-refractivity contribution in [3.05, 3.63) is 0 Å². The zero-order valence-corrected chi connectivity index (χ0v) is 9.88. The summed E-state index contributed by atoms with van der Waals surface area (Å²) in [4.78, 5) is 11.5. The zero-order valence-electron chi connectivity index (χ0n) is 9.88. The summed E-state index contributed by atoms with van der Waals surface area (Å²) in [5.41, 5.74) is 5.52. The van der Waals surface area contributed by atoms with Crippen LogP contribution in [0.4, 0.5) is 0 Å². The van der Waals surface area contributed by atoms with Crippen LogP contribution in [0.1, 0.15) is 27.2 Å². The fourth-order valence-electron chi connectivity index (χ4n) is 1.53. The van der Waals surface area contributed by atoms with E-state index in [1.165, 1.54) is 0 Å². The highest BCUT2D eigenvalue weighted by molar-refractivity contribution is 5.75. The highest BCUT2D eigenvalue weighted by Crippen LogP contribution is 2.17. The summed E-state index contributed by atoms with van der Waals surface area (Å²) in [5.74, 6) is 0.102. The predicted molar refractivity (Wildman–Crippen MR) is 59.4 cm³/mol. The van der Waals surface area contributed by atoms with Gasteiger partial charge in [-0.1, -0.05) is 0 Å². The second-order valence-corrected chi connectivity index (χ2v) is 5.27. The van der Waals surface area contributed by atoms with Crippen molar-refractivity contribution in [1.82, 2.24) is 5.32 Å². The summed E-state index contributed by atoms with van der Waals surface area (Å²) in [5, 5.41) is 3.26. The molecule has 0 aromatic heterocycles. The van der Waals surface area contributed by atoms with Crippen molar-refractivity contribution in [2.24, 2.45) is 17.1 Å². The molecule has 1 fully saturated rings. The molecule has 1 saturated heterocycles. The molecule has 1 aliphatic heterocycles. The van der Waals surface area contributed by atoms with Crippen molar-refractivity contribution in [1.29, 1.82) is 0 Å². The molecule has 1 rings (SSSR count). The van der Waals surface area contributed by atoms with Crippen LogP contribution in [-0.4, -0.2) is 31.7 Å². The molecule has 0 aromatic carbocycles. The van der Waals surface area contributed by atoms with Crippen LogP contribution in [0, 0.1) is 11.3 Å². The van der Waals surface area contributed by atoms with Crippen LogP contribution in [0.15, 0.2) is 0 Å². The van der Waals surface area contributed by atoms with Crippen molar-refractivity contribution in [2.75, 3.05) is 19.7 Å². The monoisotopic (exact) mass is 214 g/mol. The minimum atomic E-state index is -0.424. The topological polar surface area (TPSA) is 64.3 Å². The maximum atomic E-state index is 11.5. The Morgan fingerprint density at radius 3 is 2.73 bits per heavy atom. The van der Waals surface area contributed by atoms with Crippen LogP contribution in [0.5, 0.6) is 0 Å². The van der Waals surface area contributed by atoms with Gasteiger partial charge in [-0.3, -0.25) is 4.79 Å². The van der Waals surface area contributed by atoms with Gasteiger partial charge in [0.1, 0.15) is 0 Å². The SMILES string of the molecule is CC(C)(C)C(=O)OCC1CNCCC1N. The molecule has 0 amide bonds. The van der Waals surface area contributed by atoms with E-state index in [2.05, 4.69) is 5.32 Å². The van der Waals surface area contributed by atoms with Crippen LogP contribution in [0.3, 0.4) is 0 Å². The Bertz CT molecular complexity index is 223. The molecule has 15 heavy (non-hydrogen) atoms. The van der Waals surface area contributed by atoms with Crippen molar-refractivity contribution < 1.29 is 9.53 Å². The Hall–Kier alpha value is -0.610. The van der Waals surface area contributed by atoms with Gasteiger partial charge in [-0.05, 0) is 33.7 Å². The molecular formula is C11H22N2O2. The molecule has 2 atom stereocenters. The number of piperidine rings is 1. The third-order valence-corrected chi connectivity index (χ3v) is 2.71. The second kappa shape index (κ2) is 4.94. The standard InChI is InChI=1S/C11H22N2O2/c1-11(2,3)10(14)15-7-8-6-13-5-4-9(8)12/h8-9,13H,4-7,12H2,1-3H3. The highest BCUT2D eigenvalue weighted by atomic mass is 16.5. The van der Waals surface area contributed by atoms with Crippen LogP contribution in [-0.2, 0) is 9.53 Å². The van der Waals surface area contributed by atoms with E-state index in [1.54, 1.807) is 0 Å². The molecule has 0 radical (unpaired) electrons. The lowest BCUT2D eigenvalue weighted by molar-refractivity contribution is -0.154. The van der Waals surface area contributed by atoms with Crippen LogP contribution in [0.2, 0.25) is 0 Å². The molecule has 1 aliphatic rings. The third kappa shape index (κ3) is 3.80. The van der Waals surface area contributed by atoms with E-state index in [0.717, 1.165) is 19.5 Å². The van der Waals surface area contributed by atoms with Crippen molar-refractivity contribution in [3.8, 4) is 0 Å². The van der Waals surface area contributed by atoms with Crippen molar-refractivity contribution in [2.45, 2.75) is 33.2 Å². The van der Waals surface area contributed by atoms with E-state index in [-0.39, 0.29) is 17.9 Å². The molecule has 4 heteroatoms. The Morgan fingerprint density at radius 1 is 1.53 bits per heavy atom. The molecule has 0 saturated carbocycles. The second-order valence-electron chi connectivity index (χ2n) is 5.27. The summed E-state index contributed by atoms with van der Waals surface area (Å²) in [7, 11) is 0. The number of rotatable bonds is 2. The first-order valence-electron chi connectivity index (χ1n) is 5.55. The van der Waals surface area contributed by atoms with Crippen LogP contribution >= 0.6 is 0 Å². The van der Waals surface area contributed by atoms with Gasteiger partial charge in [-0.25, -0.2) is 0 Å². The quantitative estimate of drug-likeness (QED) is 0.657. The number of carbonyl (C=O) groups excluding carboxylic acids is 1. The summed E-state index contributed by atoms with van der Waals surface area (Å²) in [6.45, 7) is 7.81. The first kappa shape index (κ1) is 12.5. The molecule has 0 bridgehead atoms. The van der Waals surface area contributed by atoms with Gasteiger partial charge in [0.15, 0.2) is 0 Å². The summed E-state index contributed by atoms with van der Waals surface area (Å²) in [6.07, 6.45) is 0.956. The van der Waals surface area contributed by atoms with E-state index >= 15 is 0 Å². The molecule has 3 N–H and O–H groups in total. The number of hydrogen-bond donors (Lipinski definition) is 2. The van der Waals surface area contributed by atoms with Gasteiger partial charge in [-0.15, -0.1) is 0 Å². The molecule has 0 spiro atoms. The predicted octanol–water partition coefficient (Wildman–Crippen LogP) is 0.513. The largest absolute Gasteiger partial charge is 0.465 e. The Morgan fingerprint density at radius 2 is 2.20 bits per heavy atom. The molecule has 0 aliphatic carbocycles. The van der Waals surface area contributed by atoms with Gasteiger partial charge < -0.3 is 15.8 Å². The van der Waals surface area contributed by atoms with Gasteiger partial charge in [-0.2, -0.15) is 0 Å². The maximum absolute atomic E-state index is 11.5. The fraction of sp³-hybridized carbons (Fsp3) is 0.909. The number of ether oxygens (including phenoxy) is 1. The summed E-state index contributed by atoms with van der Waals surface area (Å²) < 4.78 is 5.26. The summed E-state index contributed by atoms with van der Waals surface area (Å²) in [6, 6.07) is 0.152. The van der Waals surface area contributed by atoms with Gasteiger partial charge in [0.25, 0.3) is 0 Å². The Balaban J connectivity index is 2.33. The minimum absolute atomic E-state index is 0.152. The lowest BCUT2D eigenvalue weighted by atomic mass is 9.94. The normalized spacial score (nSPS) is 27.5. The van der Waals surface area contributed by atoms with Gasteiger partial charge in [0.2, 0.25) is 0 Å². The number of esters is 1. The number of nitrogens with one attached hydrogen (secondary N) is 1. The molecule has 1 heterocycles. The van der Waals surface area contributed by atoms with E-state index in [1.807, 2.05) is 20.8 Å². The molecule has 2 unspecified atom stereocenters. The molecular weight excluding hydrogens is 192 g/mol. The zero-order chi connectivity index (χ0) is 11.5. The molecule has 0 aromatic rings. The van der Waals surface area contributed by atoms with Crippen molar-refractivity contribution in [3.63, 3.8) is 0 Å². The van der Waals surface area contributed by atoms with Gasteiger partial charge >= 0.3 is 5.97 Å². The van der Waals surface area contributed by atoms with E-state index in [9.17, 15) is 4.79 Å². The van der Waals surface area contributed by atoms with Crippen LogP contribution in [0.25, 0.3) is 0 Å². The lowest BCUT2D eigenvalue weighted by Crippen LogP contribution is -2.47. The van der Waals surface area contributed by atoms with E-state index < -0.39 is 5.41 Å². The molecule has 4 nitrogen and oxygen atoms in total. The Kier molecular flexibility index (Phi) is 4.11. The van der Waals surface area contributed by atoms with Gasteiger partial charge in [0.05, 0.1) is 12.0 Å². The highest BCUT2D eigenvalue weighted by Gasteiger charge is 2.27. The number of nitrogens with two attached hydrogens (primary N) is 1. The van der Waals surface area contributed by atoms with Crippen LogP contribution < -0.4 is 11.1 Å². The smallest absolute Gasteiger partial charge is 0.311 e. The Labute approximate surface area is 91.5 Å². The van der Waals surface area contributed by atoms with E-state index in [0.29, 0.717) is 6.61 Å². The average Bonchev–Trinajstić information content (AvgIpc) is 2.14. The molecule has 88 valence electrons. The van der Waals surface area contributed by atoms with E-state index in [4.69, 9.17) is 10.5 Å². The van der Waals surface area contributed by atoms with Gasteiger partial charge in [0, 0.05) is 18.5 Å². The van der Waals surface area contributed by atoms with Crippen molar-refractivity contribution >= 4 is 5.97 Å². The fourth-order valence-corrected chi connectivity index (χ4v) is 1.53. The minimum Gasteiger partial charge on any atom is -0.465 e. The summed E-state index contributed by atoms with van der Waals surface area (Å²) >= 11 is 0. The third-order valence-electron chi connectivity index (χ3n) is 2.71. The maximum Gasteiger partial charge on any atom is 0.311 e. The first-order valence-corrected chi connectivity index (χ1v) is 5.55. The first-order chi connectivity index (χ1) is 6.91.